The van der Waals surface area contributed by atoms with Gasteiger partial charge < -0.3 is 10.8 Å². The van der Waals surface area contributed by atoms with Crippen LogP contribution in [0.3, 0.4) is 0 Å². The first kappa shape index (κ1) is 12.1. The van der Waals surface area contributed by atoms with Gasteiger partial charge in [0.15, 0.2) is 0 Å². The van der Waals surface area contributed by atoms with Gasteiger partial charge in [-0.3, -0.25) is 0 Å². The minimum atomic E-state index is -0.173. The fourth-order valence-electron chi connectivity index (χ4n) is 2.61. The van der Waals surface area contributed by atoms with E-state index in [0.717, 1.165) is 12.8 Å². The monoisotopic (exact) mass is 283 g/mol. The van der Waals surface area contributed by atoms with Gasteiger partial charge in [0.1, 0.15) is 0 Å². The van der Waals surface area contributed by atoms with Crippen LogP contribution in [0.15, 0.2) is 16.6 Å². The Bertz CT molecular complexity index is 387. The molecule has 88 valence electrons. The summed E-state index contributed by atoms with van der Waals surface area (Å²) in [5.41, 5.74) is 9.64. The SMILES string of the molecule is Cc1cc(C2(CN)CC(O)C2)cc(C)c1Br. The van der Waals surface area contributed by atoms with Crippen molar-refractivity contribution in [2.75, 3.05) is 6.54 Å². The summed E-state index contributed by atoms with van der Waals surface area (Å²) in [6.45, 7) is 4.81. The molecular formula is C13H18BrNO. The second-order valence-corrected chi connectivity index (χ2v) is 5.76. The molecule has 2 nitrogen and oxygen atoms in total. The molecule has 0 unspecified atom stereocenters. The summed E-state index contributed by atoms with van der Waals surface area (Å²) in [6.07, 6.45) is 1.42. The van der Waals surface area contributed by atoms with E-state index in [4.69, 9.17) is 5.73 Å². The molecule has 0 bridgehead atoms. The van der Waals surface area contributed by atoms with Gasteiger partial charge in [0.05, 0.1) is 6.10 Å². The molecule has 0 atom stereocenters. The van der Waals surface area contributed by atoms with E-state index in [0.29, 0.717) is 6.54 Å². The lowest BCUT2D eigenvalue weighted by Gasteiger charge is -2.45. The minimum absolute atomic E-state index is 0.00956. The molecule has 1 aromatic rings. The van der Waals surface area contributed by atoms with Crippen LogP contribution in [0.5, 0.6) is 0 Å². The number of halogens is 1. The molecule has 0 amide bonds. The molecule has 0 radical (unpaired) electrons. The molecule has 3 heteroatoms. The van der Waals surface area contributed by atoms with Crippen molar-refractivity contribution >= 4 is 15.9 Å². The third-order valence-corrected chi connectivity index (χ3v) is 4.94. The molecular weight excluding hydrogens is 266 g/mol. The summed E-state index contributed by atoms with van der Waals surface area (Å²) in [5.74, 6) is 0. The molecule has 0 aliphatic heterocycles. The first-order valence-electron chi connectivity index (χ1n) is 5.64. The maximum Gasteiger partial charge on any atom is 0.0558 e. The number of rotatable bonds is 2. The zero-order valence-corrected chi connectivity index (χ0v) is 11.3. The Hall–Kier alpha value is -0.380. The van der Waals surface area contributed by atoms with Crippen LogP contribution in [-0.4, -0.2) is 17.8 Å². The molecule has 16 heavy (non-hydrogen) atoms. The quantitative estimate of drug-likeness (QED) is 0.876. The second kappa shape index (κ2) is 4.13. The van der Waals surface area contributed by atoms with E-state index in [-0.39, 0.29) is 11.5 Å². The van der Waals surface area contributed by atoms with Gasteiger partial charge in [-0.25, -0.2) is 0 Å². The van der Waals surface area contributed by atoms with Crippen LogP contribution in [0.4, 0.5) is 0 Å². The van der Waals surface area contributed by atoms with Crippen LogP contribution in [0, 0.1) is 13.8 Å². The Labute approximate surface area is 105 Å². The Kier molecular flexibility index (Phi) is 3.12. The van der Waals surface area contributed by atoms with Crippen molar-refractivity contribution in [2.45, 2.75) is 38.2 Å². The van der Waals surface area contributed by atoms with Crippen LogP contribution in [0.25, 0.3) is 0 Å². The summed E-state index contributed by atoms with van der Waals surface area (Å²) in [4.78, 5) is 0. The fourth-order valence-corrected chi connectivity index (χ4v) is 2.84. The van der Waals surface area contributed by atoms with Crippen LogP contribution in [0.1, 0.15) is 29.5 Å². The van der Waals surface area contributed by atoms with E-state index >= 15 is 0 Å². The standard InChI is InChI=1S/C13H18BrNO/c1-8-3-10(4-9(2)12(8)14)13(7-15)5-11(16)6-13/h3-4,11,16H,5-7,15H2,1-2H3. The molecule has 0 saturated heterocycles. The van der Waals surface area contributed by atoms with Crippen LogP contribution in [-0.2, 0) is 5.41 Å². The first-order chi connectivity index (χ1) is 7.48. The van der Waals surface area contributed by atoms with Gasteiger partial charge in [-0.2, -0.15) is 0 Å². The first-order valence-corrected chi connectivity index (χ1v) is 6.43. The highest BCUT2D eigenvalue weighted by atomic mass is 79.9. The van der Waals surface area contributed by atoms with Crippen LogP contribution in [0.2, 0.25) is 0 Å². The molecule has 1 aromatic carbocycles. The molecule has 1 aliphatic rings. The lowest BCUT2D eigenvalue weighted by atomic mass is 9.62. The Morgan fingerprint density at radius 3 is 2.25 bits per heavy atom. The Morgan fingerprint density at radius 1 is 1.38 bits per heavy atom. The maximum absolute atomic E-state index is 9.50. The van der Waals surface area contributed by atoms with Gasteiger partial charge >= 0.3 is 0 Å². The molecule has 1 aliphatic carbocycles. The number of aliphatic hydroxyl groups is 1. The van der Waals surface area contributed by atoms with E-state index in [1.807, 2.05) is 0 Å². The van der Waals surface area contributed by atoms with Crippen molar-refractivity contribution in [3.8, 4) is 0 Å². The molecule has 0 heterocycles. The van der Waals surface area contributed by atoms with E-state index in [2.05, 4.69) is 41.9 Å². The van der Waals surface area contributed by atoms with E-state index in [1.54, 1.807) is 0 Å². The molecule has 2 rings (SSSR count). The van der Waals surface area contributed by atoms with Crippen molar-refractivity contribution in [2.24, 2.45) is 5.73 Å². The highest BCUT2D eigenvalue weighted by Gasteiger charge is 2.43. The van der Waals surface area contributed by atoms with Crippen molar-refractivity contribution in [3.63, 3.8) is 0 Å². The Morgan fingerprint density at radius 2 is 1.88 bits per heavy atom. The summed E-state index contributed by atoms with van der Waals surface area (Å²) < 4.78 is 1.17. The van der Waals surface area contributed by atoms with Crippen LogP contribution < -0.4 is 5.73 Å². The number of nitrogens with two attached hydrogens (primary N) is 1. The maximum atomic E-state index is 9.50. The van der Waals surface area contributed by atoms with Gasteiger partial charge in [-0.15, -0.1) is 0 Å². The zero-order chi connectivity index (χ0) is 11.9. The van der Waals surface area contributed by atoms with Crippen molar-refractivity contribution in [1.29, 1.82) is 0 Å². The second-order valence-electron chi connectivity index (χ2n) is 4.97. The predicted octanol–water partition coefficient (Wildman–Crippen LogP) is 2.42. The average Bonchev–Trinajstić information content (AvgIpc) is 2.20. The minimum Gasteiger partial charge on any atom is -0.393 e. The normalized spacial score (nSPS) is 28.9. The van der Waals surface area contributed by atoms with Gasteiger partial charge in [0.25, 0.3) is 0 Å². The molecule has 0 spiro atoms. The van der Waals surface area contributed by atoms with Gasteiger partial charge in [-0.05, 0) is 43.4 Å². The van der Waals surface area contributed by atoms with Crippen molar-refractivity contribution in [1.82, 2.24) is 0 Å². The Balaban J connectivity index is 2.40. The largest absolute Gasteiger partial charge is 0.393 e. The molecule has 1 saturated carbocycles. The number of aryl methyl sites for hydroxylation is 2. The van der Waals surface area contributed by atoms with Gasteiger partial charge in [-0.1, -0.05) is 28.1 Å². The zero-order valence-electron chi connectivity index (χ0n) is 9.76. The number of hydrogen-bond donors (Lipinski definition) is 2. The summed E-state index contributed by atoms with van der Waals surface area (Å²) in [5, 5.41) is 9.50. The third-order valence-electron chi connectivity index (χ3n) is 3.69. The van der Waals surface area contributed by atoms with Gasteiger partial charge in [0.2, 0.25) is 0 Å². The van der Waals surface area contributed by atoms with Crippen LogP contribution >= 0.6 is 15.9 Å². The highest BCUT2D eigenvalue weighted by Crippen LogP contribution is 2.44. The van der Waals surface area contributed by atoms with E-state index in [1.165, 1.54) is 21.2 Å². The lowest BCUT2D eigenvalue weighted by Crippen LogP contribution is -2.49. The number of benzene rings is 1. The van der Waals surface area contributed by atoms with Crippen molar-refractivity contribution in [3.05, 3.63) is 33.3 Å². The topological polar surface area (TPSA) is 46.2 Å². The molecule has 3 N–H and O–H groups in total. The summed E-state index contributed by atoms with van der Waals surface area (Å²) >= 11 is 3.57. The molecule has 1 fully saturated rings. The molecule has 0 aromatic heterocycles. The fraction of sp³-hybridized carbons (Fsp3) is 0.538. The predicted molar refractivity (Wildman–Crippen MR) is 69.6 cm³/mol. The van der Waals surface area contributed by atoms with Gasteiger partial charge in [0, 0.05) is 16.4 Å². The highest BCUT2D eigenvalue weighted by molar-refractivity contribution is 9.10. The lowest BCUT2D eigenvalue weighted by molar-refractivity contribution is 0.0221. The van der Waals surface area contributed by atoms with E-state index in [9.17, 15) is 5.11 Å². The average molecular weight is 284 g/mol. The third kappa shape index (κ3) is 1.81. The van der Waals surface area contributed by atoms with Crippen molar-refractivity contribution < 1.29 is 5.11 Å². The van der Waals surface area contributed by atoms with E-state index < -0.39 is 0 Å². The summed E-state index contributed by atoms with van der Waals surface area (Å²) in [7, 11) is 0. The summed E-state index contributed by atoms with van der Waals surface area (Å²) in [6, 6.07) is 4.38. The number of aliphatic hydroxyl groups excluding tert-OH is 1. The number of hydrogen-bond acceptors (Lipinski definition) is 2. The smallest absolute Gasteiger partial charge is 0.0558 e.